The molecule has 0 saturated heterocycles. The van der Waals surface area contributed by atoms with Crippen LogP contribution in [0, 0.1) is 0 Å². The number of halogens is 4. The summed E-state index contributed by atoms with van der Waals surface area (Å²) in [5.74, 6) is -1.06. The number of ether oxygens (including phenoxy) is 1. The van der Waals surface area contributed by atoms with Crippen LogP contribution >= 0.6 is 11.6 Å². The number of rotatable bonds is 2. The maximum Gasteiger partial charge on any atom is 0.433 e. The zero-order chi connectivity index (χ0) is 12.3. The monoisotopic (exact) mass is 253 g/mol. The van der Waals surface area contributed by atoms with E-state index in [9.17, 15) is 18.0 Å². The maximum atomic E-state index is 12.3. The summed E-state index contributed by atoms with van der Waals surface area (Å²) in [4.78, 5) is 14.4. The summed E-state index contributed by atoms with van der Waals surface area (Å²) in [5.41, 5.74) is -1.30. The van der Waals surface area contributed by atoms with Crippen molar-refractivity contribution < 1.29 is 22.7 Å². The molecule has 1 heterocycles. The molecular weight excluding hydrogens is 247 g/mol. The maximum absolute atomic E-state index is 12.3. The number of hydrogen-bond donors (Lipinski definition) is 0. The van der Waals surface area contributed by atoms with Crippen LogP contribution in [-0.4, -0.2) is 18.1 Å². The van der Waals surface area contributed by atoms with Crippen LogP contribution in [0.4, 0.5) is 13.2 Å². The van der Waals surface area contributed by atoms with E-state index in [1.165, 1.54) is 0 Å². The van der Waals surface area contributed by atoms with Gasteiger partial charge in [-0.25, -0.2) is 9.78 Å². The summed E-state index contributed by atoms with van der Waals surface area (Å²) < 4.78 is 41.3. The molecule has 0 bridgehead atoms. The highest BCUT2D eigenvalue weighted by molar-refractivity contribution is 6.17. The summed E-state index contributed by atoms with van der Waals surface area (Å²) >= 11 is 5.42. The van der Waals surface area contributed by atoms with E-state index < -0.39 is 17.8 Å². The predicted octanol–water partition coefficient (Wildman–Crippen LogP) is 2.63. The highest BCUT2D eigenvalue weighted by Crippen LogP contribution is 2.28. The minimum Gasteiger partial charge on any atom is -0.465 e. The fourth-order valence-corrected chi connectivity index (χ4v) is 1.26. The van der Waals surface area contributed by atoms with E-state index in [0.717, 1.165) is 13.2 Å². The molecule has 0 aromatic carbocycles. The Hall–Kier alpha value is -1.30. The van der Waals surface area contributed by atoms with Crippen LogP contribution in [0.15, 0.2) is 12.1 Å². The molecule has 0 saturated carbocycles. The Labute approximate surface area is 94.2 Å². The van der Waals surface area contributed by atoms with Gasteiger partial charge in [0.05, 0.1) is 24.2 Å². The molecule has 1 aromatic rings. The van der Waals surface area contributed by atoms with Crippen LogP contribution in [-0.2, 0) is 16.8 Å². The van der Waals surface area contributed by atoms with Gasteiger partial charge in [0.25, 0.3) is 0 Å². The molecule has 0 aliphatic rings. The lowest BCUT2D eigenvalue weighted by Crippen LogP contribution is -2.13. The first-order valence-electron chi connectivity index (χ1n) is 4.11. The van der Waals surface area contributed by atoms with E-state index in [1.54, 1.807) is 0 Å². The summed E-state index contributed by atoms with van der Waals surface area (Å²) in [7, 11) is 1.12. The summed E-state index contributed by atoms with van der Waals surface area (Å²) in [5, 5.41) is 0. The second kappa shape index (κ2) is 4.69. The van der Waals surface area contributed by atoms with Crippen LogP contribution < -0.4 is 0 Å². The third-order valence-electron chi connectivity index (χ3n) is 1.80. The number of aromatic nitrogens is 1. The van der Waals surface area contributed by atoms with Crippen LogP contribution in [0.3, 0.4) is 0 Å². The van der Waals surface area contributed by atoms with Gasteiger partial charge in [-0.05, 0) is 12.1 Å². The first-order chi connectivity index (χ1) is 7.40. The predicted molar refractivity (Wildman–Crippen MR) is 50.1 cm³/mol. The van der Waals surface area contributed by atoms with Gasteiger partial charge in [0, 0.05) is 0 Å². The molecule has 0 unspecified atom stereocenters. The van der Waals surface area contributed by atoms with Crippen molar-refractivity contribution in [2.45, 2.75) is 12.1 Å². The zero-order valence-electron chi connectivity index (χ0n) is 8.14. The first-order valence-corrected chi connectivity index (χ1v) is 4.65. The first kappa shape index (κ1) is 12.8. The van der Waals surface area contributed by atoms with E-state index >= 15 is 0 Å². The van der Waals surface area contributed by atoms with Crippen LogP contribution in [0.5, 0.6) is 0 Å². The fraction of sp³-hybridized carbons (Fsp3) is 0.333. The lowest BCUT2D eigenvalue weighted by Gasteiger charge is -2.09. The summed E-state index contributed by atoms with van der Waals surface area (Å²) in [6.07, 6.45) is -4.56. The average Bonchev–Trinajstić information content (AvgIpc) is 2.26. The van der Waals surface area contributed by atoms with Gasteiger partial charge in [-0.2, -0.15) is 13.2 Å². The topological polar surface area (TPSA) is 39.2 Å². The van der Waals surface area contributed by atoms with Crippen LogP contribution in [0.1, 0.15) is 21.7 Å². The third kappa shape index (κ3) is 2.63. The van der Waals surface area contributed by atoms with E-state index in [0.29, 0.717) is 6.07 Å². The second-order valence-corrected chi connectivity index (χ2v) is 3.08. The van der Waals surface area contributed by atoms with E-state index in [1.807, 2.05) is 0 Å². The number of alkyl halides is 4. The van der Waals surface area contributed by atoms with Crippen molar-refractivity contribution >= 4 is 17.6 Å². The van der Waals surface area contributed by atoms with Gasteiger partial charge in [-0.1, -0.05) is 0 Å². The number of nitrogens with zero attached hydrogens (tertiary/aromatic N) is 1. The molecule has 88 valence electrons. The lowest BCUT2D eigenvalue weighted by atomic mass is 10.2. The van der Waals surface area contributed by atoms with Crippen molar-refractivity contribution in [2.75, 3.05) is 7.11 Å². The number of pyridine rings is 1. The quantitative estimate of drug-likeness (QED) is 0.601. The highest BCUT2D eigenvalue weighted by atomic mass is 35.5. The highest BCUT2D eigenvalue weighted by Gasteiger charge is 2.33. The third-order valence-corrected chi connectivity index (χ3v) is 2.05. The van der Waals surface area contributed by atoms with Crippen molar-refractivity contribution in [3.05, 3.63) is 29.1 Å². The normalized spacial score (nSPS) is 11.3. The van der Waals surface area contributed by atoms with E-state index in [2.05, 4.69) is 9.72 Å². The van der Waals surface area contributed by atoms with Crippen molar-refractivity contribution in [3.63, 3.8) is 0 Å². The molecule has 0 fully saturated rings. The summed E-state index contributed by atoms with van der Waals surface area (Å²) in [6.45, 7) is 0. The molecule has 0 atom stereocenters. The van der Waals surface area contributed by atoms with Gasteiger partial charge in [-0.3, -0.25) is 0 Å². The van der Waals surface area contributed by atoms with Crippen molar-refractivity contribution in [1.82, 2.24) is 4.98 Å². The van der Waals surface area contributed by atoms with Gasteiger partial charge in [-0.15, -0.1) is 11.6 Å². The summed E-state index contributed by atoms with van der Waals surface area (Å²) in [6, 6.07) is 1.71. The molecule has 1 rings (SSSR count). The molecule has 3 nitrogen and oxygen atoms in total. The number of carbonyl (C=O) groups is 1. The molecule has 0 aliphatic carbocycles. The van der Waals surface area contributed by atoms with E-state index in [-0.39, 0.29) is 17.1 Å². The Kier molecular flexibility index (Phi) is 3.74. The lowest BCUT2D eigenvalue weighted by molar-refractivity contribution is -0.141. The standard InChI is InChI=1S/C9H7ClF3NO2/c1-16-8(15)5-2-3-7(9(11,12)13)14-6(5)4-10/h2-3H,4H2,1H3. The minimum absolute atomic E-state index is 0.0644. The van der Waals surface area contributed by atoms with Crippen LogP contribution in [0.25, 0.3) is 0 Å². The smallest absolute Gasteiger partial charge is 0.433 e. The van der Waals surface area contributed by atoms with Crippen molar-refractivity contribution in [3.8, 4) is 0 Å². The number of esters is 1. The van der Waals surface area contributed by atoms with Gasteiger partial charge in [0.1, 0.15) is 5.69 Å². The Morgan fingerprint density at radius 3 is 2.56 bits per heavy atom. The molecule has 0 aliphatic heterocycles. The largest absolute Gasteiger partial charge is 0.465 e. The molecule has 0 N–H and O–H groups in total. The molecular formula is C9H7ClF3NO2. The number of hydrogen-bond acceptors (Lipinski definition) is 3. The van der Waals surface area contributed by atoms with Gasteiger partial charge < -0.3 is 4.74 Å². The molecule has 0 radical (unpaired) electrons. The fourth-order valence-electron chi connectivity index (χ4n) is 1.06. The Morgan fingerprint density at radius 1 is 1.50 bits per heavy atom. The zero-order valence-corrected chi connectivity index (χ0v) is 8.89. The van der Waals surface area contributed by atoms with Crippen LogP contribution in [0.2, 0.25) is 0 Å². The number of methoxy groups -OCH3 is 1. The molecule has 0 spiro atoms. The molecule has 0 amide bonds. The Morgan fingerprint density at radius 2 is 2.12 bits per heavy atom. The van der Waals surface area contributed by atoms with Crippen molar-refractivity contribution in [1.29, 1.82) is 0 Å². The molecule has 7 heteroatoms. The van der Waals surface area contributed by atoms with E-state index in [4.69, 9.17) is 11.6 Å². The SMILES string of the molecule is COC(=O)c1ccc(C(F)(F)F)nc1CCl. The Balaban J connectivity index is 3.22. The average molecular weight is 254 g/mol. The Bertz CT molecular complexity index is 406. The van der Waals surface area contributed by atoms with Gasteiger partial charge in [0.15, 0.2) is 0 Å². The number of carbonyl (C=O) groups excluding carboxylic acids is 1. The minimum atomic E-state index is -4.56. The second-order valence-electron chi connectivity index (χ2n) is 2.81. The molecule has 1 aromatic heterocycles. The van der Waals surface area contributed by atoms with Gasteiger partial charge >= 0.3 is 12.1 Å². The van der Waals surface area contributed by atoms with Gasteiger partial charge in [0.2, 0.25) is 0 Å². The molecule has 16 heavy (non-hydrogen) atoms. The van der Waals surface area contributed by atoms with Crippen molar-refractivity contribution in [2.24, 2.45) is 0 Å².